The normalized spacial score (nSPS) is 10.2. The molecule has 1 rings (SSSR count). The van der Waals surface area contributed by atoms with E-state index in [-0.39, 0.29) is 5.56 Å². The van der Waals surface area contributed by atoms with Crippen LogP contribution in [0.5, 0.6) is 0 Å². The van der Waals surface area contributed by atoms with Crippen LogP contribution in [0.1, 0.15) is 16.8 Å². The summed E-state index contributed by atoms with van der Waals surface area (Å²) < 4.78 is 23.6. The highest BCUT2D eigenvalue weighted by Crippen LogP contribution is 2.05. The lowest BCUT2D eigenvalue weighted by atomic mass is 10.1. The van der Waals surface area contributed by atoms with Gasteiger partial charge in [0, 0.05) is 18.0 Å². The number of aromatic nitrogens is 1. The quantitative estimate of drug-likeness (QED) is 0.545. The van der Waals surface area contributed by atoms with E-state index in [4.69, 9.17) is 0 Å². The molecule has 0 atom stereocenters. The highest BCUT2D eigenvalue weighted by molar-refractivity contribution is 6.08. The number of Topliss-reactive ketones (excluding diaryl/α,β-unsaturated/α-hetero) is 2. The summed E-state index contributed by atoms with van der Waals surface area (Å²) in [5.74, 6) is -1.97. The van der Waals surface area contributed by atoms with Crippen molar-refractivity contribution in [2.75, 3.05) is 0 Å². The fourth-order valence-corrected chi connectivity index (χ4v) is 0.875. The smallest absolute Gasteiger partial charge is 0.294 e. The number of ketones is 2. The van der Waals surface area contributed by atoms with Crippen molar-refractivity contribution in [3.8, 4) is 0 Å². The van der Waals surface area contributed by atoms with Gasteiger partial charge in [-0.15, -0.1) is 0 Å². The number of hydrogen-bond acceptors (Lipinski definition) is 3. The highest BCUT2D eigenvalue weighted by atomic mass is 19.3. The van der Waals surface area contributed by atoms with E-state index in [2.05, 4.69) is 4.98 Å². The molecule has 0 aliphatic heterocycles. The lowest BCUT2D eigenvalue weighted by Crippen LogP contribution is -2.15. The van der Waals surface area contributed by atoms with E-state index in [9.17, 15) is 18.4 Å². The van der Waals surface area contributed by atoms with E-state index in [0.717, 1.165) is 0 Å². The maximum atomic E-state index is 11.8. The number of rotatable bonds is 4. The van der Waals surface area contributed by atoms with Gasteiger partial charge in [0.25, 0.3) is 6.43 Å². The molecular formula is C9H7F2NO2. The summed E-state index contributed by atoms with van der Waals surface area (Å²) in [6.07, 6.45) is -1.12. The van der Waals surface area contributed by atoms with Crippen LogP contribution in [0.15, 0.2) is 24.5 Å². The Labute approximate surface area is 78.8 Å². The Morgan fingerprint density at radius 2 is 1.86 bits per heavy atom. The van der Waals surface area contributed by atoms with Crippen molar-refractivity contribution in [2.45, 2.75) is 12.8 Å². The monoisotopic (exact) mass is 199 g/mol. The summed E-state index contributed by atoms with van der Waals surface area (Å²) in [6, 6.07) is 2.75. The first kappa shape index (κ1) is 10.4. The van der Waals surface area contributed by atoms with Crippen molar-refractivity contribution in [1.82, 2.24) is 4.98 Å². The fraction of sp³-hybridized carbons (Fsp3) is 0.222. The lowest BCUT2D eigenvalue weighted by molar-refractivity contribution is -0.128. The average Bonchev–Trinajstić information content (AvgIpc) is 2.19. The maximum Gasteiger partial charge on any atom is 0.296 e. The van der Waals surface area contributed by atoms with Gasteiger partial charge >= 0.3 is 0 Å². The van der Waals surface area contributed by atoms with Crippen LogP contribution in [0.4, 0.5) is 8.78 Å². The Bertz CT molecular complexity index is 338. The molecule has 0 aliphatic carbocycles. The van der Waals surface area contributed by atoms with Gasteiger partial charge in [-0.3, -0.25) is 14.6 Å². The second kappa shape index (κ2) is 4.55. The molecule has 0 saturated heterocycles. The minimum absolute atomic E-state index is 0.217. The lowest BCUT2D eigenvalue weighted by Gasteiger charge is -1.98. The van der Waals surface area contributed by atoms with E-state index in [1.807, 2.05) is 0 Å². The number of carbonyl (C=O) groups is 2. The molecule has 0 unspecified atom stereocenters. The van der Waals surface area contributed by atoms with Gasteiger partial charge in [-0.1, -0.05) is 0 Å². The van der Waals surface area contributed by atoms with Gasteiger partial charge in [0.05, 0.1) is 6.42 Å². The molecule has 1 aromatic heterocycles. The number of pyridine rings is 1. The van der Waals surface area contributed by atoms with Crippen molar-refractivity contribution in [1.29, 1.82) is 0 Å². The van der Waals surface area contributed by atoms with Crippen molar-refractivity contribution in [3.63, 3.8) is 0 Å². The van der Waals surface area contributed by atoms with Crippen molar-refractivity contribution in [3.05, 3.63) is 30.1 Å². The first-order valence-electron chi connectivity index (χ1n) is 3.85. The first-order chi connectivity index (χ1) is 6.61. The summed E-state index contributed by atoms with van der Waals surface area (Å²) in [5.41, 5.74) is 0.217. The van der Waals surface area contributed by atoms with E-state index in [1.165, 1.54) is 24.5 Å². The van der Waals surface area contributed by atoms with Crippen LogP contribution in [0, 0.1) is 0 Å². The first-order valence-corrected chi connectivity index (χ1v) is 3.85. The molecule has 0 saturated carbocycles. The molecule has 0 spiro atoms. The molecule has 14 heavy (non-hydrogen) atoms. The van der Waals surface area contributed by atoms with Gasteiger partial charge in [0.2, 0.25) is 5.78 Å². The number of carbonyl (C=O) groups excluding carboxylic acids is 2. The van der Waals surface area contributed by atoms with Crippen molar-refractivity contribution >= 4 is 11.6 Å². The molecule has 74 valence electrons. The van der Waals surface area contributed by atoms with Crippen LogP contribution >= 0.6 is 0 Å². The Hall–Kier alpha value is -1.65. The van der Waals surface area contributed by atoms with Gasteiger partial charge in [-0.25, -0.2) is 8.78 Å². The van der Waals surface area contributed by atoms with E-state index in [0.29, 0.717) is 0 Å². The third kappa shape index (κ3) is 2.69. The fourth-order valence-electron chi connectivity index (χ4n) is 0.875. The summed E-state index contributed by atoms with van der Waals surface area (Å²) in [7, 11) is 0. The third-order valence-electron chi connectivity index (χ3n) is 1.58. The largest absolute Gasteiger partial charge is 0.296 e. The molecule has 0 amide bonds. The van der Waals surface area contributed by atoms with Crippen molar-refractivity contribution in [2.24, 2.45) is 0 Å². The summed E-state index contributed by atoms with van der Waals surface area (Å²) in [6.45, 7) is 0. The van der Waals surface area contributed by atoms with E-state index >= 15 is 0 Å². The van der Waals surface area contributed by atoms with Gasteiger partial charge in [-0.05, 0) is 12.1 Å². The van der Waals surface area contributed by atoms with Crippen LogP contribution in [-0.4, -0.2) is 23.0 Å². The number of alkyl halides is 2. The maximum absolute atomic E-state index is 11.8. The Kier molecular flexibility index (Phi) is 3.39. The average molecular weight is 199 g/mol. The zero-order valence-corrected chi connectivity index (χ0v) is 7.11. The standard InChI is InChI=1S/C9H7F2NO2/c10-9(11)8(14)5-7(13)6-1-3-12-4-2-6/h1-4,9H,5H2. The van der Waals surface area contributed by atoms with E-state index < -0.39 is 24.4 Å². The Morgan fingerprint density at radius 3 is 2.36 bits per heavy atom. The molecule has 0 radical (unpaired) electrons. The molecule has 0 aromatic carbocycles. The summed E-state index contributed by atoms with van der Waals surface area (Å²) in [5, 5.41) is 0. The predicted molar refractivity (Wildman–Crippen MR) is 44.2 cm³/mol. The van der Waals surface area contributed by atoms with Gasteiger partial charge in [0.1, 0.15) is 0 Å². The summed E-state index contributed by atoms with van der Waals surface area (Å²) in [4.78, 5) is 25.4. The molecule has 0 fully saturated rings. The van der Waals surface area contributed by atoms with E-state index in [1.54, 1.807) is 0 Å². The minimum Gasteiger partial charge on any atom is -0.294 e. The number of nitrogens with zero attached hydrogens (tertiary/aromatic N) is 1. The molecule has 1 heterocycles. The SMILES string of the molecule is O=C(CC(=O)C(F)F)c1ccncc1. The second-order valence-electron chi connectivity index (χ2n) is 2.60. The zero-order chi connectivity index (χ0) is 10.6. The molecule has 3 nitrogen and oxygen atoms in total. The van der Waals surface area contributed by atoms with Crippen molar-refractivity contribution < 1.29 is 18.4 Å². The zero-order valence-electron chi connectivity index (χ0n) is 7.11. The second-order valence-corrected chi connectivity index (χ2v) is 2.60. The third-order valence-corrected chi connectivity index (χ3v) is 1.58. The van der Waals surface area contributed by atoms with Crippen LogP contribution in [0.2, 0.25) is 0 Å². The number of halogens is 2. The van der Waals surface area contributed by atoms with Crippen LogP contribution < -0.4 is 0 Å². The minimum atomic E-state index is -3.08. The molecular weight excluding hydrogens is 192 g/mol. The molecule has 5 heteroatoms. The topological polar surface area (TPSA) is 47.0 Å². The predicted octanol–water partition coefficient (Wildman–Crippen LogP) is 1.49. The van der Waals surface area contributed by atoms with Gasteiger partial charge in [-0.2, -0.15) is 0 Å². The molecule has 0 bridgehead atoms. The van der Waals surface area contributed by atoms with Gasteiger partial charge < -0.3 is 0 Å². The Balaban J connectivity index is 2.65. The van der Waals surface area contributed by atoms with Gasteiger partial charge in [0.15, 0.2) is 5.78 Å². The van der Waals surface area contributed by atoms with Crippen LogP contribution in [0.3, 0.4) is 0 Å². The molecule has 1 aromatic rings. The molecule has 0 N–H and O–H groups in total. The summed E-state index contributed by atoms with van der Waals surface area (Å²) >= 11 is 0. The number of hydrogen-bond donors (Lipinski definition) is 0. The van der Waals surface area contributed by atoms with Crippen LogP contribution in [-0.2, 0) is 4.79 Å². The highest BCUT2D eigenvalue weighted by Gasteiger charge is 2.19. The Morgan fingerprint density at radius 1 is 1.29 bits per heavy atom. The molecule has 0 aliphatic rings. The van der Waals surface area contributed by atoms with Crippen LogP contribution in [0.25, 0.3) is 0 Å².